The van der Waals surface area contributed by atoms with Crippen LogP contribution in [0.4, 0.5) is 0 Å². The number of nitrogens with one attached hydrogen (secondary N) is 1. The molecule has 0 bridgehead atoms. The van der Waals surface area contributed by atoms with Gasteiger partial charge in [-0.3, -0.25) is 0 Å². The summed E-state index contributed by atoms with van der Waals surface area (Å²) >= 11 is 3.62. The SMILES string of the molecule is CCCNCCCSc1nc(C)cs1. The number of aromatic nitrogens is 1. The third kappa shape index (κ3) is 4.98. The van der Waals surface area contributed by atoms with E-state index in [1.807, 2.05) is 18.7 Å². The second-order valence-corrected chi connectivity index (χ2v) is 5.41. The van der Waals surface area contributed by atoms with Gasteiger partial charge in [0.1, 0.15) is 4.34 Å². The second kappa shape index (κ2) is 7.26. The number of thioether (sulfide) groups is 1. The Hall–Kier alpha value is -0.0600. The molecule has 4 heteroatoms. The van der Waals surface area contributed by atoms with Crippen molar-refractivity contribution in [2.75, 3.05) is 18.8 Å². The molecule has 0 fully saturated rings. The Morgan fingerprint density at radius 3 is 3.00 bits per heavy atom. The average molecular weight is 230 g/mol. The van der Waals surface area contributed by atoms with Crippen LogP contribution in [-0.4, -0.2) is 23.8 Å². The highest BCUT2D eigenvalue weighted by Gasteiger charge is 1.98. The number of aryl methyl sites for hydroxylation is 1. The molecule has 1 aromatic heterocycles. The lowest BCUT2D eigenvalue weighted by atomic mass is 10.4. The third-order valence-corrected chi connectivity index (χ3v) is 3.97. The average Bonchev–Trinajstić information content (AvgIpc) is 2.58. The quantitative estimate of drug-likeness (QED) is 0.576. The first-order chi connectivity index (χ1) is 6.83. The van der Waals surface area contributed by atoms with Gasteiger partial charge < -0.3 is 5.32 Å². The van der Waals surface area contributed by atoms with Gasteiger partial charge in [0, 0.05) is 16.8 Å². The highest BCUT2D eigenvalue weighted by atomic mass is 32.2. The van der Waals surface area contributed by atoms with Crippen LogP contribution >= 0.6 is 23.1 Å². The molecular formula is C10H18N2S2. The van der Waals surface area contributed by atoms with Crippen LogP contribution in [0.3, 0.4) is 0 Å². The predicted molar refractivity (Wildman–Crippen MR) is 65.4 cm³/mol. The van der Waals surface area contributed by atoms with E-state index in [-0.39, 0.29) is 0 Å². The Morgan fingerprint density at radius 2 is 2.36 bits per heavy atom. The topological polar surface area (TPSA) is 24.9 Å². The fourth-order valence-electron chi connectivity index (χ4n) is 1.06. The lowest BCUT2D eigenvalue weighted by Crippen LogP contribution is -2.16. The Bertz CT molecular complexity index is 248. The fourth-order valence-corrected chi connectivity index (χ4v) is 2.92. The molecule has 1 rings (SSSR count). The number of rotatable bonds is 7. The first-order valence-corrected chi connectivity index (χ1v) is 6.95. The molecule has 2 nitrogen and oxygen atoms in total. The van der Waals surface area contributed by atoms with Gasteiger partial charge in [0.2, 0.25) is 0 Å². The molecule has 0 amide bonds. The Labute approximate surface area is 94.5 Å². The molecule has 14 heavy (non-hydrogen) atoms. The molecule has 0 saturated carbocycles. The summed E-state index contributed by atoms with van der Waals surface area (Å²) in [6, 6.07) is 0. The maximum absolute atomic E-state index is 4.41. The molecule has 0 aromatic carbocycles. The van der Waals surface area contributed by atoms with E-state index >= 15 is 0 Å². The van der Waals surface area contributed by atoms with Crippen LogP contribution < -0.4 is 5.32 Å². The monoisotopic (exact) mass is 230 g/mol. The summed E-state index contributed by atoms with van der Waals surface area (Å²) in [4.78, 5) is 4.41. The van der Waals surface area contributed by atoms with Gasteiger partial charge in [0.05, 0.1) is 0 Å². The van der Waals surface area contributed by atoms with Crippen molar-refractivity contribution in [3.05, 3.63) is 11.1 Å². The highest BCUT2D eigenvalue weighted by molar-refractivity contribution is 8.00. The summed E-state index contributed by atoms with van der Waals surface area (Å²) < 4.78 is 1.21. The predicted octanol–water partition coefficient (Wildman–Crippen LogP) is 2.93. The van der Waals surface area contributed by atoms with E-state index in [0.29, 0.717) is 0 Å². The number of thiazole rings is 1. The van der Waals surface area contributed by atoms with E-state index in [4.69, 9.17) is 0 Å². The molecule has 0 aliphatic rings. The van der Waals surface area contributed by atoms with Gasteiger partial charge in [-0.15, -0.1) is 11.3 Å². The van der Waals surface area contributed by atoms with Crippen LogP contribution in [0.5, 0.6) is 0 Å². The van der Waals surface area contributed by atoms with Crippen LogP contribution in [0.25, 0.3) is 0 Å². The van der Waals surface area contributed by atoms with Gasteiger partial charge >= 0.3 is 0 Å². The molecule has 80 valence electrons. The van der Waals surface area contributed by atoms with Crippen molar-refractivity contribution in [2.24, 2.45) is 0 Å². The zero-order valence-electron chi connectivity index (χ0n) is 8.88. The Balaban J connectivity index is 1.99. The zero-order chi connectivity index (χ0) is 10.2. The maximum atomic E-state index is 4.41. The van der Waals surface area contributed by atoms with Crippen LogP contribution in [0.2, 0.25) is 0 Å². The van der Waals surface area contributed by atoms with Crippen molar-refractivity contribution in [1.29, 1.82) is 0 Å². The first-order valence-electron chi connectivity index (χ1n) is 5.08. The van der Waals surface area contributed by atoms with Crippen LogP contribution in [0.1, 0.15) is 25.5 Å². The van der Waals surface area contributed by atoms with Gasteiger partial charge in [0.15, 0.2) is 0 Å². The van der Waals surface area contributed by atoms with E-state index in [1.165, 1.54) is 22.9 Å². The largest absolute Gasteiger partial charge is 0.317 e. The van der Waals surface area contributed by atoms with E-state index in [9.17, 15) is 0 Å². The molecule has 0 spiro atoms. The number of hydrogen-bond donors (Lipinski definition) is 1. The molecule has 1 heterocycles. The summed E-state index contributed by atoms with van der Waals surface area (Å²) in [5.74, 6) is 1.17. The van der Waals surface area contributed by atoms with Gasteiger partial charge in [-0.2, -0.15) is 0 Å². The molecule has 0 aliphatic carbocycles. The molecule has 0 atom stereocenters. The fraction of sp³-hybridized carbons (Fsp3) is 0.700. The second-order valence-electron chi connectivity index (χ2n) is 3.21. The molecule has 0 aliphatic heterocycles. The zero-order valence-corrected chi connectivity index (χ0v) is 10.5. The number of hydrogen-bond acceptors (Lipinski definition) is 4. The Kier molecular flexibility index (Phi) is 6.23. The first kappa shape index (κ1) is 12.0. The van der Waals surface area contributed by atoms with Gasteiger partial charge in [-0.25, -0.2) is 4.98 Å². The van der Waals surface area contributed by atoms with Gasteiger partial charge in [-0.05, 0) is 32.9 Å². The third-order valence-electron chi connectivity index (χ3n) is 1.75. The Morgan fingerprint density at radius 1 is 1.50 bits per heavy atom. The molecule has 0 radical (unpaired) electrons. The summed E-state index contributed by atoms with van der Waals surface area (Å²) in [6.45, 7) is 6.51. The summed E-state index contributed by atoms with van der Waals surface area (Å²) in [5.41, 5.74) is 1.14. The summed E-state index contributed by atoms with van der Waals surface area (Å²) in [7, 11) is 0. The van der Waals surface area contributed by atoms with Crippen molar-refractivity contribution >= 4 is 23.1 Å². The minimum absolute atomic E-state index is 1.13. The van der Waals surface area contributed by atoms with Gasteiger partial charge in [-0.1, -0.05) is 18.7 Å². The molecule has 1 N–H and O–H groups in total. The summed E-state index contributed by atoms with van der Waals surface area (Å²) in [6.07, 6.45) is 2.45. The number of nitrogens with zero attached hydrogens (tertiary/aromatic N) is 1. The van der Waals surface area contributed by atoms with E-state index in [0.717, 1.165) is 18.8 Å². The maximum Gasteiger partial charge on any atom is 0.150 e. The van der Waals surface area contributed by atoms with Crippen molar-refractivity contribution < 1.29 is 0 Å². The van der Waals surface area contributed by atoms with E-state index in [1.54, 1.807) is 11.3 Å². The molecule has 1 aromatic rings. The van der Waals surface area contributed by atoms with Crippen LogP contribution in [0.15, 0.2) is 9.72 Å². The molecule has 0 saturated heterocycles. The van der Waals surface area contributed by atoms with Crippen LogP contribution in [-0.2, 0) is 0 Å². The summed E-state index contributed by atoms with van der Waals surface area (Å²) in [5, 5.41) is 5.50. The lowest BCUT2D eigenvalue weighted by molar-refractivity contribution is 0.664. The van der Waals surface area contributed by atoms with Gasteiger partial charge in [0.25, 0.3) is 0 Å². The lowest BCUT2D eigenvalue weighted by Gasteiger charge is -2.00. The van der Waals surface area contributed by atoms with E-state index < -0.39 is 0 Å². The molecular weight excluding hydrogens is 212 g/mol. The highest BCUT2D eigenvalue weighted by Crippen LogP contribution is 2.22. The van der Waals surface area contributed by atoms with Crippen molar-refractivity contribution in [2.45, 2.75) is 31.0 Å². The smallest absolute Gasteiger partial charge is 0.150 e. The normalized spacial score (nSPS) is 10.7. The minimum Gasteiger partial charge on any atom is -0.317 e. The van der Waals surface area contributed by atoms with Crippen molar-refractivity contribution in [3.63, 3.8) is 0 Å². The molecule has 0 unspecified atom stereocenters. The van der Waals surface area contributed by atoms with Crippen molar-refractivity contribution in [1.82, 2.24) is 10.3 Å². The minimum atomic E-state index is 1.13. The van der Waals surface area contributed by atoms with Crippen LogP contribution in [0, 0.1) is 6.92 Å². The van der Waals surface area contributed by atoms with Crippen molar-refractivity contribution in [3.8, 4) is 0 Å². The standard InChI is InChI=1S/C10H18N2S2/c1-3-5-11-6-4-7-13-10-12-9(2)8-14-10/h8,11H,3-7H2,1-2H3. The van der Waals surface area contributed by atoms with E-state index in [2.05, 4.69) is 22.6 Å².